The van der Waals surface area contributed by atoms with Gasteiger partial charge in [0.15, 0.2) is 0 Å². The lowest BCUT2D eigenvalue weighted by molar-refractivity contribution is -0.143. The van der Waals surface area contributed by atoms with Crippen molar-refractivity contribution in [1.82, 2.24) is 14.5 Å². The number of imide groups is 1. The number of hydrogen-bond acceptors (Lipinski definition) is 5. The first-order chi connectivity index (χ1) is 14.3. The van der Waals surface area contributed by atoms with Gasteiger partial charge in [0, 0.05) is 32.2 Å². The second kappa shape index (κ2) is 7.62. The van der Waals surface area contributed by atoms with Gasteiger partial charge < -0.3 is 10.0 Å². The second-order valence-corrected chi connectivity index (χ2v) is 8.30. The van der Waals surface area contributed by atoms with Gasteiger partial charge in [-0.25, -0.2) is 4.79 Å². The van der Waals surface area contributed by atoms with Crippen LogP contribution in [0.5, 0.6) is 0 Å². The lowest BCUT2D eigenvalue weighted by Crippen LogP contribution is -2.44. The van der Waals surface area contributed by atoms with E-state index >= 15 is 0 Å². The first kappa shape index (κ1) is 20.2. The van der Waals surface area contributed by atoms with Gasteiger partial charge in [0.2, 0.25) is 11.8 Å². The number of carbonyl (C=O) groups excluding carboxylic acids is 2. The van der Waals surface area contributed by atoms with Crippen LogP contribution in [0.1, 0.15) is 38.6 Å². The maximum atomic E-state index is 12.9. The van der Waals surface area contributed by atoms with Crippen LogP contribution in [0.15, 0.2) is 23.0 Å². The molecule has 3 heterocycles. The lowest BCUT2D eigenvalue weighted by Gasteiger charge is -2.35. The van der Waals surface area contributed by atoms with E-state index in [9.17, 15) is 24.3 Å². The SMILES string of the molecule is C[C@H](C(=O)O)C1CCN(c2ccc3c(c2)n(C)c(=O)n3C2CCC(=O)NC2=O)CC1. The van der Waals surface area contributed by atoms with Crippen LogP contribution in [-0.2, 0) is 21.4 Å². The van der Waals surface area contributed by atoms with Crippen LogP contribution in [-0.4, -0.2) is 45.1 Å². The van der Waals surface area contributed by atoms with Crippen molar-refractivity contribution in [2.24, 2.45) is 18.9 Å². The zero-order valence-electron chi connectivity index (χ0n) is 17.1. The average Bonchev–Trinajstić information content (AvgIpc) is 2.98. The van der Waals surface area contributed by atoms with E-state index in [0.29, 0.717) is 11.9 Å². The van der Waals surface area contributed by atoms with Crippen molar-refractivity contribution >= 4 is 34.5 Å². The molecule has 2 fully saturated rings. The number of carbonyl (C=O) groups is 3. The summed E-state index contributed by atoms with van der Waals surface area (Å²) < 4.78 is 3.00. The summed E-state index contributed by atoms with van der Waals surface area (Å²) >= 11 is 0. The number of carboxylic acid groups (broad SMARTS) is 1. The van der Waals surface area contributed by atoms with E-state index in [-0.39, 0.29) is 29.9 Å². The fourth-order valence-electron chi connectivity index (χ4n) is 4.64. The first-order valence-electron chi connectivity index (χ1n) is 10.3. The normalized spacial score (nSPS) is 21.7. The van der Waals surface area contributed by atoms with Crippen molar-refractivity contribution in [2.45, 2.75) is 38.6 Å². The van der Waals surface area contributed by atoms with E-state index < -0.39 is 17.9 Å². The minimum absolute atomic E-state index is 0.167. The summed E-state index contributed by atoms with van der Waals surface area (Å²) in [4.78, 5) is 50.1. The predicted octanol–water partition coefficient (Wildman–Crippen LogP) is 1.25. The number of fused-ring (bicyclic) bond motifs is 1. The molecular formula is C21H26N4O5. The summed E-state index contributed by atoms with van der Waals surface area (Å²) in [6, 6.07) is 5.03. The van der Waals surface area contributed by atoms with Gasteiger partial charge in [-0.15, -0.1) is 0 Å². The average molecular weight is 414 g/mol. The zero-order chi connectivity index (χ0) is 21.6. The number of aliphatic carboxylic acids is 1. The van der Waals surface area contributed by atoms with Gasteiger partial charge in [-0.1, -0.05) is 6.92 Å². The van der Waals surface area contributed by atoms with Gasteiger partial charge in [-0.05, 0) is 43.4 Å². The van der Waals surface area contributed by atoms with Gasteiger partial charge in [0.1, 0.15) is 6.04 Å². The van der Waals surface area contributed by atoms with Crippen molar-refractivity contribution in [3.8, 4) is 0 Å². The molecule has 2 saturated heterocycles. The van der Waals surface area contributed by atoms with E-state index in [0.717, 1.165) is 37.1 Å². The molecule has 0 bridgehead atoms. The highest BCUT2D eigenvalue weighted by Crippen LogP contribution is 2.31. The Morgan fingerprint density at radius 3 is 2.47 bits per heavy atom. The number of aromatic nitrogens is 2. The minimum Gasteiger partial charge on any atom is -0.481 e. The number of amides is 2. The maximum Gasteiger partial charge on any atom is 0.329 e. The van der Waals surface area contributed by atoms with Crippen LogP contribution in [0.4, 0.5) is 5.69 Å². The number of aryl methyl sites for hydroxylation is 1. The molecule has 1 unspecified atom stereocenters. The number of benzene rings is 1. The number of nitrogens with zero attached hydrogens (tertiary/aromatic N) is 3. The molecule has 2 N–H and O–H groups in total. The van der Waals surface area contributed by atoms with E-state index in [1.54, 1.807) is 14.0 Å². The van der Waals surface area contributed by atoms with Crippen LogP contribution < -0.4 is 15.9 Å². The molecular weight excluding hydrogens is 388 g/mol. The van der Waals surface area contributed by atoms with E-state index in [2.05, 4.69) is 10.2 Å². The molecule has 9 heteroatoms. The summed E-state index contributed by atoms with van der Waals surface area (Å²) in [5.41, 5.74) is 2.07. The molecule has 160 valence electrons. The Kier molecular flexibility index (Phi) is 5.13. The zero-order valence-corrected chi connectivity index (χ0v) is 17.1. The Labute approximate surface area is 173 Å². The van der Waals surface area contributed by atoms with Crippen molar-refractivity contribution in [3.05, 3.63) is 28.7 Å². The minimum atomic E-state index is -0.750. The fraction of sp³-hybridized carbons (Fsp3) is 0.524. The third-order valence-electron chi connectivity index (χ3n) is 6.60. The number of hydrogen-bond donors (Lipinski definition) is 2. The summed E-state index contributed by atoms with van der Waals surface area (Å²) in [7, 11) is 1.68. The van der Waals surface area contributed by atoms with Gasteiger partial charge in [0.05, 0.1) is 17.0 Å². The molecule has 2 amide bonds. The molecule has 1 aromatic carbocycles. The predicted molar refractivity (Wildman–Crippen MR) is 110 cm³/mol. The van der Waals surface area contributed by atoms with Gasteiger partial charge in [-0.2, -0.15) is 0 Å². The summed E-state index contributed by atoms with van der Waals surface area (Å²) in [6.07, 6.45) is 2.13. The van der Waals surface area contributed by atoms with Crippen molar-refractivity contribution in [2.75, 3.05) is 18.0 Å². The number of rotatable bonds is 4. The highest BCUT2D eigenvalue weighted by Gasteiger charge is 2.32. The molecule has 2 aromatic rings. The fourth-order valence-corrected chi connectivity index (χ4v) is 4.64. The molecule has 4 rings (SSSR count). The first-order valence-corrected chi connectivity index (χ1v) is 10.3. The van der Waals surface area contributed by atoms with Crippen LogP contribution in [0, 0.1) is 11.8 Å². The summed E-state index contributed by atoms with van der Waals surface area (Å²) in [5.74, 6) is -1.69. The molecule has 2 aliphatic rings. The topological polar surface area (TPSA) is 114 Å². The molecule has 0 spiro atoms. The van der Waals surface area contributed by atoms with Gasteiger partial charge >= 0.3 is 11.7 Å². The molecule has 2 atom stereocenters. The maximum absolute atomic E-state index is 12.9. The third kappa shape index (κ3) is 3.38. The summed E-state index contributed by atoms with van der Waals surface area (Å²) in [5, 5.41) is 11.6. The van der Waals surface area contributed by atoms with Crippen molar-refractivity contribution in [3.63, 3.8) is 0 Å². The number of anilines is 1. The smallest absolute Gasteiger partial charge is 0.329 e. The standard InChI is InChI=1S/C21H26N4O5/c1-12(20(28)29)13-7-9-24(10-8-13)14-3-4-15-17(11-14)23(2)21(30)25(15)16-5-6-18(26)22-19(16)27/h3-4,11-13,16H,5-10H2,1-2H3,(H,28,29)(H,22,26,27)/t12-,16?/m0/s1. The van der Waals surface area contributed by atoms with Crippen LogP contribution in [0.25, 0.3) is 11.0 Å². The molecule has 0 aliphatic carbocycles. The molecule has 9 nitrogen and oxygen atoms in total. The van der Waals surface area contributed by atoms with Crippen molar-refractivity contribution < 1.29 is 19.5 Å². The Hall–Kier alpha value is -3.10. The lowest BCUT2D eigenvalue weighted by atomic mass is 9.85. The highest BCUT2D eigenvalue weighted by atomic mass is 16.4. The Morgan fingerprint density at radius 1 is 1.13 bits per heavy atom. The monoisotopic (exact) mass is 414 g/mol. The summed E-state index contributed by atoms with van der Waals surface area (Å²) in [6.45, 7) is 3.29. The van der Waals surface area contributed by atoms with Crippen LogP contribution >= 0.6 is 0 Å². The van der Waals surface area contributed by atoms with Crippen LogP contribution in [0.2, 0.25) is 0 Å². The molecule has 1 aromatic heterocycles. The second-order valence-electron chi connectivity index (χ2n) is 8.30. The number of carboxylic acids is 1. The largest absolute Gasteiger partial charge is 0.481 e. The number of imidazole rings is 1. The van der Waals surface area contributed by atoms with Gasteiger partial charge in [-0.3, -0.25) is 28.8 Å². The number of nitrogens with one attached hydrogen (secondary N) is 1. The quantitative estimate of drug-likeness (QED) is 0.728. The third-order valence-corrected chi connectivity index (χ3v) is 6.60. The molecule has 0 radical (unpaired) electrons. The molecule has 30 heavy (non-hydrogen) atoms. The Morgan fingerprint density at radius 2 is 1.83 bits per heavy atom. The molecule has 0 saturated carbocycles. The number of piperidine rings is 2. The van der Waals surface area contributed by atoms with Crippen molar-refractivity contribution in [1.29, 1.82) is 0 Å². The Bertz CT molecular complexity index is 1080. The highest BCUT2D eigenvalue weighted by molar-refractivity contribution is 6.00. The van der Waals surface area contributed by atoms with Crippen LogP contribution in [0.3, 0.4) is 0 Å². The van der Waals surface area contributed by atoms with E-state index in [4.69, 9.17) is 0 Å². The van der Waals surface area contributed by atoms with E-state index in [1.807, 2.05) is 18.2 Å². The van der Waals surface area contributed by atoms with E-state index in [1.165, 1.54) is 9.13 Å². The molecule has 2 aliphatic heterocycles. The van der Waals surface area contributed by atoms with Gasteiger partial charge in [0.25, 0.3) is 0 Å². The Balaban J connectivity index is 1.61.